The van der Waals surface area contributed by atoms with E-state index in [1.807, 2.05) is 6.20 Å². The fourth-order valence-corrected chi connectivity index (χ4v) is 1.41. The number of fused-ring (bicyclic) bond motifs is 1. The molecule has 0 bridgehead atoms. The van der Waals surface area contributed by atoms with Crippen molar-refractivity contribution in [3.05, 3.63) is 17.5 Å². The fourth-order valence-electron chi connectivity index (χ4n) is 1.41. The molecule has 0 radical (unpaired) electrons. The third-order valence-electron chi connectivity index (χ3n) is 2.04. The number of H-pyrrole nitrogens is 2. The Kier molecular flexibility index (Phi) is 1.24. The van der Waals surface area contributed by atoms with Gasteiger partial charge in [-0.3, -0.25) is 0 Å². The van der Waals surface area contributed by atoms with E-state index < -0.39 is 0 Å². The van der Waals surface area contributed by atoms with Crippen LogP contribution in [0.25, 0.3) is 0 Å². The van der Waals surface area contributed by atoms with Gasteiger partial charge in [0.15, 0.2) is 6.20 Å². The smallest absolute Gasteiger partial charge is 0.197 e. The first-order chi connectivity index (χ1) is 4.86. The van der Waals surface area contributed by atoms with Crippen LogP contribution in [0.5, 0.6) is 0 Å². The maximum Gasteiger partial charge on any atom is 0.197 e. The van der Waals surface area contributed by atoms with Crippen LogP contribution >= 0.6 is 0 Å². The van der Waals surface area contributed by atoms with Crippen molar-refractivity contribution in [2.75, 3.05) is 13.6 Å². The molecule has 0 spiro atoms. The molecule has 2 heterocycles. The molecule has 10 heavy (non-hydrogen) atoms. The molecule has 1 aliphatic rings. The van der Waals surface area contributed by atoms with Gasteiger partial charge in [-0.05, 0) is 7.05 Å². The summed E-state index contributed by atoms with van der Waals surface area (Å²) in [5.41, 5.74) is 2.78. The molecule has 3 heteroatoms. The van der Waals surface area contributed by atoms with Gasteiger partial charge < -0.3 is 4.90 Å². The van der Waals surface area contributed by atoms with E-state index >= 15 is 0 Å². The number of likely N-dealkylation sites (N-methyl/N-ethyl adjacent to an activating group) is 1. The summed E-state index contributed by atoms with van der Waals surface area (Å²) in [5.74, 6) is 0. The van der Waals surface area contributed by atoms with Gasteiger partial charge in [-0.15, -0.1) is 5.10 Å². The summed E-state index contributed by atoms with van der Waals surface area (Å²) < 4.78 is 0. The van der Waals surface area contributed by atoms with Crippen molar-refractivity contribution in [1.82, 2.24) is 10.00 Å². The van der Waals surface area contributed by atoms with Crippen molar-refractivity contribution in [2.45, 2.75) is 13.0 Å². The number of hydrogen-bond acceptors (Lipinski definition) is 1. The van der Waals surface area contributed by atoms with Crippen molar-refractivity contribution in [2.24, 2.45) is 0 Å². The topological polar surface area (TPSA) is 33.2 Å². The number of aromatic amines is 2. The largest absolute Gasteiger partial charge is 0.301 e. The molecule has 2 rings (SSSR count). The molecule has 0 atom stereocenters. The van der Waals surface area contributed by atoms with Gasteiger partial charge in [0, 0.05) is 19.5 Å². The molecule has 0 saturated heterocycles. The van der Waals surface area contributed by atoms with Crippen LogP contribution in [-0.4, -0.2) is 23.6 Å². The van der Waals surface area contributed by atoms with E-state index in [0.717, 1.165) is 13.0 Å². The summed E-state index contributed by atoms with van der Waals surface area (Å²) >= 11 is 0. The highest BCUT2D eigenvalue weighted by Crippen LogP contribution is 2.12. The Morgan fingerprint density at radius 2 is 2.60 bits per heavy atom. The van der Waals surface area contributed by atoms with E-state index in [-0.39, 0.29) is 0 Å². The van der Waals surface area contributed by atoms with E-state index in [1.54, 1.807) is 0 Å². The van der Waals surface area contributed by atoms with Gasteiger partial charge in [0.25, 0.3) is 0 Å². The summed E-state index contributed by atoms with van der Waals surface area (Å²) in [4.78, 5) is 2.32. The number of nitrogens with one attached hydrogen (secondary N) is 2. The quantitative estimate of drug-likeness (QED) is 0.530. The Bertz CT molecular complexity index is 229. The lowest BCUT2D eigenvalue weighted by Gasteiger charge is -2.19. The Hall–Kier alpha value is -0.830. The van der Waals surface area contributed by atoms with Crippen LogP contribution in [0, 0.1) is 0 Å². The van der Waals surface area contributed by atoms with Crippen LogP contribution < -0.4 is 5.10 Å². The lowest BCUT2D eigenvalue weighted by atomic mass is 10.1. The molecular weight excluding hydrogens is 126 g/mol. The van der Waals surface area contributed by atoms with E-state index in [2.05, 4.69) is 22.1 Å². The molecule has 1 aromatic heterocycles. The zero-order valence-electron chi connectivity index (χ0n) is 6.15. The van der Waals surface area contributed by atoms with E-state index in [4.69, 9.17) is 0 Å². The van der Waals surface area contributed by atoms with Crippen molar-refractivity contribution >= 4 is 0 Å². The molecule has 0 saturated carbocycles. The van der Waals surface area contributed by atoms with E-state index in [1.165, 1.54) is 17.8 Å². The average molecular weight is 138 g/mol. The third kappa shape index (κ3) is 0.827. The molecule has 54 valence electrons. The van der Waals surface area contributed by atoms with Gasteiger partial charge in [-0.2, -0.15) is 5.10 Å². The minimum absolute atomic E-state index is 1.08. The standard InChI is InChI=1S/C7H11N3/c1-10-3-2-7-6(5-10)4-8-9-7/h4H,2-3,5H2,1H3,(H,8,9)/p+1. The predicted molar refractivity (Wildman–Crippen MR) is 37.4 cm³/mol. The maximum absolute atomic E-state index is 3.13. The maximum atomic E-state index is 3.13. The lowest BCUT2D eigenvalue weighted by Crippen LogP contribution is -2.25. The van der Waals surface area contributed by atoms with Crippen molar-refractivity contribution in [3.8, 4) is 0 Å². The second-order valence-corrected chi connectivity index (χ2v) is 2.91. The summed E-state index contributed by atoms with van der Waals surface area (Å²) in [5, 5.41) is 6.14. The molecule has 1 aromatic rings. The van der Waals surface area contributed by atoms with E-state index in [9.17, 15) is 0 Å². The van der Waals surface area contributed by atoms with Crippen LogP contribution in [0.3, 0.4) is 0 Å². The first-order valence-corrected chi connectivity index (χ1v) is 3.61. The Morgan fingerprint density at radius 3 is 3.50 bits per heavy atom. The third-order valence-corrected chi connectivity index (χ3v) is 2.04. The minimum Gasteiger partial charge on any atom is -0.301 e. The van der Waals surface area contributed by atoms with Crippen LogP contribution in [0.1, 0.15) is 11.3 Å². The monoisotopic (exact) mass is 138 g/mol. The Balaban J connectivity index is 2.30. The number of hydrogen-bond donors (Lipinski definition) is 1. The Labute approximate surface area is 60.0 Å². The van der Waals surface area contributed by atoms with Crippen LogP contribution in [0.15, 0.2) is 6.20 Å². The van der Waals surface area contributed by atoms with E-state index in [0.29, 0.717) is 0 Å². The van der Waals surface area contributed by atoms with Gasteiger partial charge in [-0.25, -0.2) is 0 Å². The second kappa shape index (κ2) is 2.09. The van der Waals surface area contributed by atoms with Gasteiger partial charge in [-0.1, -0.05) is 0 Å². The molecule has 1 aliphatic heterocycles. The van der Waals surface area contributed by atoms with Crippen molar-refractivity contribution < 1.29 is 5.10 Å². The van der Waals surface area contributed by atoms with Crippen LogP contribution in [-0.2, 0) is 13.0 Å². The molecule has 2 N–H and O–H groups in total. The minimum atomic E-state index is 1.08. The Morgan fingerprint density at radius 1 is 1.70 bits per heavy atom. The van der Waals surface area contributed by atoms with Crippen LogP contribution in [0.4, 0.5) is 0 Å². The summed E-state index contributed by atoms with van der Waals surface area (Å²) in [6.45, 7) is 2.25. The second-order valence-electron chi connectivity index (χ2n) is 2.91. The molecular formula is C7H12N3+. The molecule has 0 fully saturated rings. The molecule has 0 amide bonds. The highest BCUT2D eigenvalue weighted by atomic mass is 15.2. The average Bonchev–Trinajstić information content (AvgIpc) is 2.33. The van der Waals surface area contributed by atoms with Gasteiger partial charge >= 0.3 is 0 Å². The van der Waals surface area contributed by atoms with Crippen molar-refractivity contribution in [1.29, 1.82) is 0 Å². The van der Waals surface area contributed by atoms with Gasteiger partial charge in [0.1, 0.15) is 0 Å². The SMILES string of the molecule is CN1CCc2[nH][nH+]cc2C1. The molecule has 0 aliphatic carbocycles. The lowest BCUT2D eigenvalue weighted by molar-refractivity contribution is -0.450. The molecule has 0 unspecified atom stereocenters. The first-order valence-electron chi connectivity index (χ1n) is 3.61. The first kappa shape index (κ1) is 5.92. The number of aromatic nitrogens is 2. The van der Waals surface area contributed by atoms with Gasteiger partial charge in [0.05, 0.1) is 11.3 Å². The van der Waals surface area contributed by atoms with Crippen LogP contribution in [0.2, 0.25) is 0 Å². The predicted octanol–water partition coefficient (Wildman–Crippen LogP) is -0.183. The van der Waals surface area contributed by atoms with Crippen molar-refractivity contribution in [3.63, 3.8) is 0 Å². The highest BCUT2D eigenvalue weighted by molar-refractivity contribution is 5.16. The number of nitrogens with zero attached hydrogens (tertiary/aromatic N) is 1. The fraction of sp³-hybridized carbons (Fsp3) is 0.571. The zero-order valence-corrected chi connectivity index (χ0v) is 6.15. The summed E-state index contributed by atoms with van der Waals surface area (Å²) in [6, 6.07) is 0. The normalized spacial score (nSPS) is 18.9. The summed E-state index contributed by atoms with van der Waals surface area (Å²) in [7, 11) is 2.15. The number of rotatable bonds is 0. The molecule has 3 nitrogen and oxygen atoms in total. The van der Waals surface area contributed by atoms with Gasteiger partial charge in [0.2, 0.25) is 0 Å². The zero-order chi connectivity index (χ0) is 6.97. The highest BCUT2D eigenvalue weighted by Gasteiger charge is 2.16. The summed E-state index contributed by atoms with van der Waals surface area (Å²) in [6.07, 6.45) is 3.19. The molecule has 0 aromatic carbocycles.